The second kappa shape index (κ2) is 6.32. The summed E-state index contributed by atoms with van der Waals surface area (Å²) in [6, 6.07) is 6.81. The van der Waals surface area contributed by atoms with E-state index < -0.39 is 24.0 Å². The Labute approximate surface area is 138 Å². The number of carbonyl (C=O) groups excluding carboxylic acids is 1. The van der Waals surface area contributed by atoms with Gasteiger partial charge in [0.25, 0.3) is 5.91 Å². The Morgan fingerprint density at radius 1 is 1.46 bits per heavy atom. The van der Waals surface area contributed by atoms with Crippen molar-refractivity contribution < 1.29 is 18.7 Å². The maximum absolute atomic E-state index is 13.6. The van der Waals surface area contributed by atoms with Crippen molar-refractivity contribution in [2.24, 2.45) is 5.92 Å². The van der Waals surface area contributed by atoms with Gasteiger partial charge >= 0.3 is 0 Å². The maximum Gasteiger partial charge on any atom is 0.255 e. The minimum Gasteiger partial charge on any atom is -0.495 e. The Morgan fingerprint density at radius 3 is 2.88 bits per heavy atom. The molecule has 1 saturated heterocycles. The van der Waals surface area contributed by atoms with Crippen LogP contribution < -0.4 is 14.8 Å². The molecule has 1 N–H and O–H groups in total. The van der Waals surface area contributed by atoms with Gasteiger partial charge in [-0.15, -0.1) is 0 Å². The van der Waals surface area contributed by atoms with Crippen LogP contribution in [0.15, 0.2) is 24.4 Å². The summed E-state index contributed by atoms with van der Waals surface area (Å²) < 4.78 is 24.5. The van der Waals surface area contributed by atoms with Crippen molar-refractivity contribution in [3.05, 3.63) is 30.0 Å². The molecule has 6 nitrogen and oxygen atoms in total. The van der Waals surface area contributed by atoms with Crippen LogP contribution in [0.2, 0.25) is 0 Å². The van der Waals surface area contributed by atoms with Crippen molar-refractivity contribution in [3.8, 4) is 17.7 Å². The number of nitrogens with one attached hydrogen (secondary N) is 1. The molecule has 0 saturated carbocycles. The fourth-order valence-electron chi connectivity index (χ4n) is 2.74. The van der Waals surface area contributed by atoms with Crippen molar-refractivity contribution in [1.82, 2.24) is 10.3 Å². The molecule has 3 rings (SSSR count). The van der Waals surface area contributed by atoms with Gasteiger partial charge in [0, 0.05) is 17.5 Å². The van der Waals surface area contributed by atoms with Crippen molar-refractivity contribution in [2.45, 2.75) is 19.1 Å². The summed E-state index contributed by atoms with van der Waals surface area (Å²) in [5.74, 6) is -0.303. The smallest absolute Gasteiger partial charge is 0.255 e. The highest BCUT2D eigenvalue weighted by Crippen LogP contribution is 2.31. The molecule has 2 heterocycles. The Balaban J connectivity index is 1.87. The second-order valence-corrected chi connectivity index (χ2v) is 5.69. The molecule has 0 unspecified atom stereocenters. The molecule has 24 heavy (non-hydrogen) atoms. The highest BCUT2D eigenvalue weighted by molar-refractivity contribution is 5.89. The fourth-order valence-corrected chi connectivity index (χ4v) is 2.74. The van der Waals surface area contributed by atoms with Crippen molar-refractivity contribution in [2.75, 3.05) is 13.7 Å². The normalized spacial score (nSPS) is 22.9. The number of nitrogens with zero attached hydrogens (tertiary/aromatic N) is 2. The highest BCUT2D eigenvalue weighted by Gasteiger charge is 2.39. The summed E-state index contributed by atoms with van der Waals surface area (Å²) >= 11 is 0. The number of ether oxygens (including phenoxy) is 2. The number of carbonyl (C=O) groups is 1. The quantitative estimate of drug-likeness (QED) is 0.927. The third-order valence-corrected chi connectivity index (χ3v) is 4.24. The Hall–Kier alpha value is -2.88. The van der Waals surface area contributed by atoms with Crippen LogP contribution in [0, 0.1) is 17.2 Å². The first kappa shape index (κ1) is 16.0. The zero-order valence-corrected chi connectivity index (χ0v) is 13.2. The molecule has 1 aromatic heterocycles. The number of alkyl halides is 1. The lowest BCUT2D eigenvalue weighted by Crippen LogP contribution is -2.34. The first-order chi connectivity index (χ1) is 11.5. The van der Waals surface area contributed by atoms with Gasteiger partial charge in [0.15, 0.2) is 6.17 Å². The maximum atomic E-state index is 13.6. The lowest BCUT2D eigenvalue weighted by atomic mass is 10.0. The van der Waals surface area contributed by atoms with Gasteiger partial charge in [0.1, 0.15) is 18.4 Å². The average molecular weight is 329 g/mol. The molecule has 1 aliphatic rings. The van der Waals surface area contributed by atoms with Crippen LogP contribution >= 0.6 is 0 Å². The van der Waals surface area contributed by atoms with E-state index in [1.54, 1.807) is 31.3 Å². The summed E-state index contributed by atoms with van der Waals surface area (Å²) in [5, 5.41) is 13.2. The van der Waals surface area contributed by atoms with Crippen LogP contribution in [0.3, 0.4) is 0 Å². The predicted octanol–water partition coefficient (Wildman–Crippen LogP) is 1.97. The number of hydrogen-bond acceptors (Lipinski definition) is 5. The van der Waals surface area contributed by atoms with E-state index in [1.807, 2.05) is 0 Å². The fraction of sp³-hybridized carbons (Fsp3) is 0.353. The molecule has 7 heteroatoms. The number of hydrogen-bond donors (Lipinski definition) is 1. The summed E-state index contributed by atoms with van der Waals surface area (Å²) in [5.41, 5.74) is 0.416. The van der Waals surface area contributed by atoms with Crippen molar-refractivity contribution >= 4 is 16.7 Å². The number of methoxy groups -OCH3 is 1. The standard InChI is InChI=1S/C17H16FN3O3/c1-9-13(21-16(22)15(9)18)8-24-17-12-6-14(23-2)11(7-19)5-10(12)3-4-20-17/h3-6,9,13,15H,8H2,1-2H3,(H,21,22)/t9-,13+,15-/m0/s1. The molecule has 2 aromatic rings. The SMILES string of the molecule is COc1cc2c(OC[C@H]3NC(=O)[C@@H](F)[C@H]3C)nccc2cc1C#N. The second-order valence-electron chi connectivity index (χ2n) is 5.69. The molecule has 0 bridgehead atoms. The lowest BCUT2D eigenvalue weighted by molar-refractivity contribution is -0.123. The predicted molar refractivity (Wildman–Crippen MR) is 84.5 cm³/mol. The number of pyridine rings is 1. The molecule has 3 atom stereocenters. The van der Waals surface area contributed by atoms with Gasteiger partial charge in [-0.05, 0) is 23.6 Å². The molecule has 124 valence electrons. The minimum atomic E-state index is -1.52. The molecule has 0 aliphatic carbocycles. The highest BCUT2D eigenvalue weighted by atomic mass is 19.1. The van der Waals surface area contributed by atoms with Crippen LogP contribution in [0.25, 0.3) is 10.8 Å². The monoisotopic (exact) mass is 329 g/mol. The summed E-state index contributed by atoms with van der Waals surface area (Å²) in [6.45, 7) is 1.77. The van der Waals surface area contributed by atoms with E-state index in [0.717, 1.165) is 5.39 Å². The van der Waals surface area contributed by atoms with Gasteiger partial charge in [-0.25, -0.2) is 9.37 Å². The van der Waals surface area contributed by atoms with E-state index in [1.165, 1.54) is 7.11 Å². The van der Waals surface area contributed by atoms with Gasteiger partial charge in [-0.3, -0.25) is 4.79 Å². The van der Waals surface area contributed by atoms with Crippen LogP contribution in [-0.2, 0) is 4.79 Å². The molecule has 1 fully saturated rings. The first-order valence-electron chi connectivity index (χ1n) is 7.49. The van der Waals surface area contributed by atoms with Gasteiger partial charge < -0.3 is 14.8 Å². The molecular formula is C17H16FN3O3. The average Bonchev–Trinajstić information content (AvgIpc) is 2.85. The summed E-state index contributed by atoms with van der Waals surface area (Å²) in [4.78, 5) is 15.6. The van der Waals surface area contributed by atoms with Gasteiger partial charge in [-0.2, -0.15) is 5.26 Å². The topological polar surface area (TPSA) is 84.2 Å². The number of aromatic nitrogens is 1. The van der Waals surface area contributed by atoms with Crippen molar-refractivity contribution in [1.29, 1.82) is 5.26 Å². The van der Waals surface area contributed by atoms with Crippen LogP contribution in [0.5, 0.6) is 11.6 Å². The van der Waals surface area contributed by atoms with Crippen LogP contribution in [0.4, 0.5) is 4.39 Å². The zero-order chi connectivity index (χ0) is 17.3. The Kier molecular flexibility index (Phi) is 4.21. The molecular weight excluding hydrogens is 313 g/mol. The molecule has 0 spiro atoms. The number of fused-ring (bicyclic) bond motifs is 1. The van der Waals surface area contributed by atoms with E-state index in [9.17, 15) is 9.18 Å². The molecule has 0 radical (unpaired) electrons. The van der Waals surface area contributed by atoms with Gasteiger partial charge in [0.2, 0.25) is 5.88 Å². The Bertz CT molecular complexity index is 834. The number of halogens is 1. The van der Waals surface area contributed by atoms with Gasteiger partial charge in [0.05, 0.1) is 18.7 Å². The number of rotatable bonds is 4. The minimum absolute atomic E-state index is 0.113. The largest absolute Gasteiger partial charge is 0.495 e. The number of benzene rings is 1. The van der Waals surface area contributed by atoms with Crippen LogP contribution in [-0.4, -0.2) is 36.8 Å². The zero-order valence-electron chi connectivity index (χ0n) is 13.2. The van der Waals surface area contributed by atoms with E-state index in [4.69, 9.17) is 14.7 Å². The Morgan fingerprint density at radius 2 is 2.25 bits per heavy atom. The van der Waals surface area contributed by atoms with E-state index in [2.05, 4.69) is 16.4 Å². The van der Waals surface area contributed by atoms with Crippen LogP contribution in [0.1, 0.15) is 12.5 Å². The molecule has 1 amide bonds. The summed E-state index contributed by atoms with van der Waals surface area (Å²) in [6.07, 6.45) is 0.0530. The number of nitriles is 1. The third-order valence-electron chi connectivity index (χ3n) is 4.24. The van der Waals surface area contributed by atoms with Gasteiger partial charge in [-0.1, -0.05) is 6.92 Å². The van der Waals surface area contributed by atoms with E-state index in [0.29, 0.717) is 22.6 Å². The molecule has 1 aliphatic heterocycles. The summed E-state index contributed by atoms with van der Waals surface area (Å²) in [7, 11) is 1.48. The lowest BCUT2D eigenvalue weighted by Gasteiger charge is -2.17. The third kappa shape index (κ3) is 2.71. The van der Waals surface area contributed by atoms with E-state index in [-0.39, 0.29) is 6.61 Å². The van der Waals surface area contributed by atoms with Crippen molar-refractivity contribution in [3.63, 3.8) is 0 Å². The number of amides is 1. The van der Waals surface area contributed by atoms with E-state index >= 15 is 0 Å². The first-order valence-corrected chi connectivity index (χ1v) is 7.49. The molecule has 1 aromatic carbocycles.